The van der Waals surface area contributed by atoms with Crippen LogP contribution in [0.25, 0.3) is 0 Å². The number of hydrogen-bond acceptors (Lipinski definition) is 5. The summed E-state index contributed by atoms with van der Waals surface area (Å²) < 4.78 is 10.2. The van der Waals surface area contributed by atoms with Gasteiger partial charge in [0.05, 0.1) is 13.1 Å². The lowest BCUT2D eigenvalue weighted by molar-refractivity contribution is -0.145. The number of likely N-dealkylation sites (N-methyl/N-ethyl adjacent to an activating group) is 1. The average Bonchev–Trinajstić information content (AvgIpc) is 2.79. The van der Waals surface area contributed by atoms with Gasteiger partial charge in [0.15, 0.2) is 0 Å². The van der Waals surface area contributed by atoms with Crippen LogP contribution in [0, 0.1) is 5.92 Å². The molecule has 0 atom stereocenters. The van der Waals surface area contributed by atoms with Gasteiger partial charge in [0.2, 0.25) is 0 Å². The van der Waals surface area contributed by atoms with Crippen molar-refractivity contribution < 1.29 is 18.9 Å². The van der Waals surface area contributed by atoms with E-state index in [4.69, 9.17) is 9.31 Å². The van der Waals surface area contributed by atoms with Crippen molar-refractivity contribution in [1.82, 2.24) is 4.90 Å². The highest BCUT2D eigenvalue weighted by atomic mass is 16.6. The zero-order valence-corrected chi connectivity index (χ0v) is 11.3. The Bertz CT molecular complexity index is 346. The SMILES string of the molecule is CN1CC(=O)OB(C/C=C/C2CCCC2)OC(=O)C1. The molecule has 2 rings (SSSR count). The van der Waals surface area contributed by atoms with Crippen molar-refractivity contribution in [2.75, 3.05) is 20.1 Å². The third-order valence-electron chi connectivity index (χ3n) is 3.46. The number of rotatable bonds is 3. The van der Waals surface area contributed by atoms with E-state index < -0.39 is 7.12 Å². The molecule has 0 N–H and O–H groups in total. The number of nitrogens with zero attached hydrogens (tertiary/aromatic N) is 1. The highest BCUT2D eigenvalue weighted by Gasteiger charge is 2.30. The Labute approximate surface area is 114 Å². The predicted octanol–water partition coefficient (Wildman–Crippen LogP) is 1.25. The maximum absolute atomic E-state index is 11.5. The fraction of sp³-hybridized carbons (Fsp3) is 0.692. The molecule has 104 valence electrons. The van der Waals surface area contributed by atoms with E-state index in [0.29, 0.717) is 12.2 Å². The summed E-state index contributed by atoms with van der Waals surface area (Å²) >= 11 is 0. The third-order valence-corrected chi connectivity index (χ3v) is 3.46. The molecule has 0 spiro atoms. The molecular formula is C13H20BNO4. The van der Waals surface area contributed by atoms with Gasteiger partial charge in [-0.1, -0.05) is 25.0 Å². The molecule has 2 fully saturated rings. The van der Waals surface area contributed by atoms with Crippen LogP contribution < -0.4 is 0 Å². The summed E-state index contributed by atoms with van der Waals surface area (Å²) in [5, 5.41) is 0. The van der Waals surface area contributed by atoms with Crippen LogP contribution in [-0.4, -0.2) is 44.1 Å². The summed E-state index contributed by atoms with van der Waals surface area (Å²) in [5.41, 5.74) is 0. The van der Waals surface area contributed by atoms with Crippen LogP contribution in [0.15, 0.2) is 12.2 Å². The van der Waals surface area contributed by atoms with Gasteiger partial charge in [0, 0.05) is 6.32 Å². The van der Waals surface area contributed by atoms with E-state index in [1.807, 2.05) is 6.08 Å². The second-order valence-corrected chi connectivity index (χ2v) is 5.29. The lowest BCUT2D eigenvalue weighted by atomic mass is 9.83. The summed E-state index contributed by atoms with van der Waals surface area (Å²) in [6, 6.07) is 0. The summed E-state index contributed by atoms with van der Waals surface area (Å²) in [4.78, 5) is 24.6. The van der Waals surface area contributed by atoms with Crippen molar-refractivity contribution in [3.8, 4) is 0 Å². The fourth-order valence-electron chi connectivity index (χ4n) is 2.52. The normalized spacial score (nSPS) is 23.3. The molecule has 0 aromatic heterocycles. The Morgan fingerprint density at radius 1 is 1.21 bits per heavy atom. The Hall–Kier alpha value is -1.30. The van der Waals surface area contributed by atoms with Crippen molar-refractivity contribution in [3.05, 3.63) is 12.2 Å². The lowest BCUT2D eigenvalue weighted by Gasteiger charge is -2.22. The van der Waals surface area contributed by atoms with Gasteiger partial charge >= 0.3 is 19.1 Å². The van der Waals surface area contributed by atoms with Crippen LogP contribution in [0.3, 0.4) is 0 Å². The van der Waals surface area contributed by atoms with Gasteiger partial charge in [-0.25, -0.2) is 0 Å². The molecule has 0 aromatic carbocycles. The van der Waals surface area contributed by atoms with Crippen molar-refractivity contribution >= 4 is 19.1 Å². The molecule has 0 radical (unpaired) electrons. The van der Waals surface area contributed by atoms with Crippen LogP contribution in [0.2, 0.25) is 6.32 Å². The summed E-state index contributed by atoms with van der Waals surface area (Å²) in [7, 11) is 0.911. The monoisotopic (exact) mass is 265 g/mol. The largest absolute Gasteiger partial charge is 0.602 e. The molecule has 1 saturated heterocycles. The van der Waals surface area contributed by atoms with Crippen LogP contribution >= 0.6 is 0 Å². The van der Waals surface area contributed by atoms with Crippen LogP contribution in [-0.2, 0) is 18.9 Å². The van der Waals surface area contributed by atoms with Gasteiger partial charge < -0.3 is 9.31 Å². The van der Waals surface area contributed by atoms with Gasteiger partial charge in [0.1, 0.15) is 0 Å². The molecule has 1 aliphatic heterocycles. The van der Waals surface area contributed by atoms with Crippen LogP contribution in [0.4, 0.5) is 0 Å². The Morgan fingerprint density at radius 3 is 2.37 bits per heavy atom. The van der Waals surface area contributed by atoms with E-state index in [0.717, 1.165) is 0 Å². The van der Waals surface area contributed by atoms with E-state index >= 15 is 0 Å². The first-order valence-corrected chi connectivity index (χ1v) is 6.87. The minimum absolute atomic E-state index is 0.123. The first-order chi connectivity index (χ1) is 9.13. The molecule has 1 saturated carbocycles. The molecule has 0 amide bonds. The number of allylic oxidation sites excluding steroid dienone is 2. The number of hydrogen-bond donors (Lipinski definition) is 0. The molecule has 2 aliphatic rings. The average molecular weight is 265 g/mol. The summed E-state index contributed by atoms with van der Waals surface area (Å²) in [6.45, 7) is 0.246. The van der Waals surface area contributed by atoms with E-state index in [2.05, 4.69) is 6.08 Å². The van der Waals surface area contributed by atoms with Crippen LogP contribution in [0.1, 0.15) is 25.7 Å². The molecule has 6 heteroatoms. The third kappa shape index (κ3) is 4.71. The highest BCUT2D eigenvalue weighted by molar-refractivity contribution is 6.49. The second kappa shape index (κ2) is 6.75. The Balaban J connectivity index is 1.83. The van der Waals surface area contributed by atoms with Crippen molar-refractivity contribution in [2.24, 2.45) is 5.92 Å². The van der Waals surface area contributed by atoms with Crippen molar-refractivity contribution in [1.29, 1.82) is 0 Å². The minimum Gasteiger partial charge on any atom is -0.498 e. The zero-order valence-electron chi connectivity index (χ0n) is 11.3. The van der Waals surface area contributed by atoms with Gasteiger partial charge in [-0.15, -0.1) is 0 Å². The maximum Gasteiger partial charge on any atom is 0.602 e. The van der Waals surface area contributed by atoms with E-state index in [1.165, 1.54) is 25.7 Å². The summed E-state index contributed by atoms with van der Waals surface area (Å²) in [6.07, 6.45) is 9.59. The summed E-state index contributed by atoms with van der Waals surface area (Å²) in [5.74, 6) is -0.0744. The standard InChI is InChI=1S/C13H20BNO4/c1-15-9-12(16)18-14(19-13(17)10-15)8-4-7-11-5-2-3-6-11/h4,7,11H,2-3,5-6,8-10H2,1H3/b7-4+. The van der Waals surface area contributed by atoms with E-state index in [-0.39, 0.29) is 25.0 Å². The smallest absolute Gasteiger partial charge is 0.498 e. The Morgan fingerprint density at radius 2 is 1.79 bits per heavy atom. The molecular weight excluding hydrogens is 245 g/mol. The van der Waals surface area contributed by atoms with Gasteiger partial charge in [-0.05, 0) is 25.8 Å². The van der Waals surface area contributed by atoms with E-state index in [9.17, 15) is 9.59 Å². The molecule has 0 unspecified atom stereocenters. The van der Waals surface area contributed by atoms with E-state index in [1.54, 1.807) is 11.9 Å². The van der Waals surface area contributed by atoms with Crippen molar-refractivity contribution in [3.63, 3.8) is 0 Å². The quantitative estimate of drug-likeness (QED) is 0.568. The molecule has 5 nitrogen and oxygen atoms in total. The molecule has 19 heavy (non-hydrogen) atoms. The van der Waals surface area contributed by atoms with Gasteiger partial charge in [0.25, 0.3) is 0 Å². The first kappa shape index (κ1) is 14.1. The van der Waals surface area contributed by atoms with Gasteiger partial charge in [-0.3, -0.25) is 14.5 Å². The predicted molar refractivity (Wildman–Crippen MR) is 71.3 cm³/mol. The Kier molecular flexibility index (Phi) is 5.02. The molecule has 0 aromatic rings. The highest BCUT2D eigenvalue weighted by Crippen LogP contribution is 2.25. The molecule has 0 bridgehead atoms. The zero-order chi connectivity index (χ0) is 13.7. The van der Waals surface area contributed by atoms with Crippen molar-refractivity contribution in [2.45, 2.75) is 32.0 Å². The van der Waals surface area contributed by atoms with Crippen LogP contribution in [0.5, 0.6) is 0 Å². The lowest BCUT2D eigenvalue weighted by Crippen LogP contribution is -2.42. The molecule has 1 aliphatic carbocycles. The first-order valence-electron chi connectivity index (χ1n) is 6.87. The number of carbonyl (C=O) groups excluding carboxylic acids is 2. The fourth-order valence-corrected chi connectivity index (χ4v) is 2.52. The topological polar surface area (TPSA) is 55.8 Å². The molecule has 1 heterocycles. The minimum atomic E-state index is -0.772. The second-order valence-electron chi connectivity index (χ2n) is 5.29. The number of carbonyl (C=O) groups is 2. The van der Waals surface area contributed by atoms with Gasteiger partial charge in [-0.2, -0.15) is 0 Å². The maximum atomic E-state index is 11.5.